The Hall–Kier alpha value is -3.83. The van der Waals surface area contributed by atoms with E-state index in [1.54, 1.807) is 6.07 Å². The Morgan fingerprint density at radius 2 is 1.98 bits per heavy atom. The Labute approximate surface area is 271 Å². The number of nitrogens with zero attached hydrogens (tertiary/aromatic N) is 3. The lowest BCUT2D eigenvalue weighted by Crippen LogP contribution is -2.59. The normalized spacial score (nSPS) is 25.9. The fourth-order valence-corrected chi connectivity index (χ4v) is 8.31. The van der Waals surface area contributed by atoms with Crippen molar-refractivity contribution < 1.29 is 27.8 Å². The number of anilines is 1. The minimum Gasteiger partial charge on any atom is -0.508 e. The first-order valence-electron chi connectivity index (χ1n) is 17.0. The number of piperazine rings is 1. The molecule has 8 rings (SSSR count). The third-order valence-electron chi connectivity index (χ3n) is 10.5. The molecule has 248 valence electrons. The fourth-order valence-electron chi connectivity index (χ4n) is 8.31. The predicted octanol–water partition coefficient (Wildman–Crippen LogP) is 6.19. The number of rotatable bonds is 5. The number of aryl methyl sites for hydroxylation is 1. The molecule has 5 heterocycles. The van der Waals surface area contributed by atoms with Gasteiger partial charge in [-0.25, -0.2) is 13.2 Å². The van der Waals surface area contributed by atoms with E-state index in [0.29, 0.717) is 48.9 Å². The van der Waals surface area contributed by atoms with Gasteiger partial charge in [-0.2, -0.15) is 9.97 Å². The van der Waals surface area contributed by atoms with Crippen LogP contribution in [0.1, 0.15) is 51.0 Å². The first-order valence-corrected chi connectivity index (χ1v) is 17.0. The van der Waals surface area contributed by atoms with Gasteiger partial charge in [-0.1, -0.05) is 25.1 Å². The molecule has 5 unspecified atom stereocenters. The van der Waals surface area contributed by atoms with Crippen LogP contribution >= 0.6 is 0 Å². The number of hydrogen-bond donors (Lipinski definition) is 3. The Morgan fingerprint density at radius 1 is 1.09 bits per heavy atom. The molecule has 3 fully saturated rings. The smallest absolute Gasteiger partial charge is 0.319 e. The molecule has 0 saturated carbocycles. The number of benzene rings is 3. The molecule has 2 bridgehead atoms. The van der Waals surface area contributed by atoms with E-state index in [2.05, 4.69) is 20.5 Å². The number of ether oxygens (including phenoxy) is 2. The topological polar surface area (TPSA) is 91.8 Å². The highest BCUT2D eigenvalue weighted by Crippen LogP contribution is 2.48. The predicted molar refractivity (Wildman–Crippen MR) is 175 cm³/mol. The van der Waals surface area contributed by atoms with Gasteiger partial charge >= 0.3 is 6.01 Å². The lowest BCUT2D eigenvalue weighted by Gasteiger charge is -2.43. The van der Waals surface area contributed by atoms with Crippen LogP contribution in [0.3, 0.4) is 0 Å². The number of phenolic OH excluding ortho intramolecular Hbond substituents is 1. The van der Waals surface area contributed by atoms with E-state index < -0.39 is 17.8 Å². The maximum absolute atomic E-state index is 17.2. The molecule has 1 aromatic heterocycles. The third-order valence-corrected chi connectivity index (χ3v) is 10.5. The minimum atomic E-state index is -0.986. The molecular weight excluding hydrogens is 607 g/mol. The quantitative estimate of drug-likeness (QED) is 0.236. The van der Waals surface area contributed by atoms with Crippen molar-refractivity contribution in [2.75, 3.05) is 37.7 Å². The van der Waals surface area contributed by atoms with Crippen LogP contribution < -0.4 is 25.0 Å². The van der Waals surface area contributed by atoms with Gasteiger partial charge < -0.3 is 30.1 Å². The van der Waals surface area contributed by atoms with Gasteiger partial charge in [-0.05, 0) is 85.0 Å². The standard InChI is InChI=1S/C36H40F3N5O3/c1-2-20-6-3-7-21-14-24(45)15-25(28(20)21)29-31(38)33-30-34(32(29)39)46-12-10-27-26-9-8-23(41-26)17-44(27)35(30)43-36(42-33)47-18-19-5-4-11-40-16-22(37)13-19/h3,6-7,14-15,19,22-23,26-27,40-41,45H,2,4-5,8-13,16-18H2,1H3. The van der Waals surface area contributed by atoms with Gasteiger partial charge in [0.2, 0.25) is 0 Å². The van der Waals surface area contributed by atoms with Crippen LogP contribution in [0.4, 0.5) is 19.0 Å². The van der Waals surface area contributed by atoms with Crippen LogP contribution in [0.2, 0.25) is 0 Å². The molecule has 3 aromatic carbocycles. The van der Waals surface area contributed by atoms with Gasteiger partial charge in [-0.3, -0.25) is 0 Å². The van der Waals surface area contributed by atoms with Gasteiger partial charge in [-0.15, -0.1) is 0 Å². The van der Waals surface area contributed by atoms with E-state index in [4.69, 9.17) is 14.5 Å². The largest absolute Gasteiger partial charge is 0.508 e. The second kappa shape index (κ2) is 12.3. The molecule has 3 saturated heterocycles. The van der Waals surface area contributed by atoms with Crippen molar-refractivity contribution in [3.05, 3.63) is 47.5 Å². The molecule has 4 aliphatic heterocycles. The molecule has 4 aliphatic rings. The van der Waals surface area contributed by atoms with Gasteiger partial charge in [0, 0.05) is 37.6 Å². The number of fused-ring (bicyclic) bond motifs is 6. The summed E-state index contributed by atoms with van der Waals surface area (Å²) in [6.07, 6.45) is 4.31. The van der Waals surface area contributed by atoms with E-state index in [0.717, 1.165) is 37.8 Å². The molecule has 5 atom stereocenters. The van der Waals surface area contributed by atoms with Crippen LogP contribution in [0, 0.1) is 17.6 Å². The number of phenols is 1. The summed E-state index contributed by atoms with van der Waals surface area (Å²) in [7, 11) is 0. The number of aromatic hydroxyl groups is 1. The first-order chi connectivity index (χ1) is 22.9. The third kappa shape index (κ3) is 5.41. The number of nitrogens with one attached hydrogen (secondary N) is 2. The van der Waals surface area contributed by atoms with E-state index >= 15 is 8.78 Å². The van der Waals surface area contributed by atoms with Crippen molar-refractivity contribution in [3.8, 4) is 28.6 Å². The molecular formula is C36H40F3N5O3. The number of halogens is 3. The van der Waals surface area contributed by atoms with Crippen LogP contribution in [-0.2, 0) is 6.42 Å². The molecule has 0 radical (unpaired) electrons. The fraction of sp³-hybridized carbons (Fsp3) is 0.500. The van der Waals surface area contributed by atoms with E-state index in [1.165, 1.54) is 6.07 Å². The highest BCUT2D eigenvalue weighted by atomic mass is 19.1. The van der Waals surface area contributed by atoms with Gasteiger partial charge in [0.05, 0.1) is 24.2 Å². The van der Waals surface area contributed by atoms with Crippen LogP contribution in [0.15, 0.2) is 30.3 Å². The zero-order valence-corrected chi connectivity index (χ0v) is 26.5. The molecule has 0 spiro atoms. The van der Waals surface area contributed by atoms with Crippen LogP contribution in [0.25, 0.3) is 32.8 Å². The summed E-state index contributed by atoms with van der Waals surface area (Å²) in [6, 6.07) is 9.07. The number of aromatic nitrogens is 2. The monoisotopic (exact) mass is 647 g/mol. The number of hydrogen-bond acceptors (Lipinski definition) is 8. The second-order valence-electron chi connectivity index (χ2n) is 13.5. The average molecular weight is 648 g/mol. The molecule has 3 N–H and O–H groups in total. The molecule has 0 amide bonds. The first kappa shape index (κ1) is 30.5. The summed E-state index contributed by atoms with van der Waals surface area (Å²) < 4.78 is 61.1. The van der Waals surface area contributed by atoms with Crippen molar-refractivity contribution in [2.24, 2.45) is 5.92 Å². The van der Waals surface area contributed by atoms with Crippen LogP contribution in [0.5, 0.6) is 17.5 Å². The number of alkyl halides is 1. The van der Waals surface area contributed by atoms with Crippen molar-refractivity contribution in [1.29, 1.82) is 0 Å². The van der Waals surface area contributed by atoms with Crippen molar-refractivity contribution >= 4 is 27.5 Å². The Balaban J connectivity index is 1.33. The lowest BCUT2D eigenvalue weighted by atomic mass is 9.91. The van der Waals surface area contributed by atoms with Crippen LogP contribution in [-0.4, -0.2) is 72.2 Å². The Bertz CT molecular complexity index is 1840. The Morgan fingerprint density at radius 3 is 2.85 bits per heavy atom. The Kier molecular flexibility index (Phi) is 7.99. The highest BCUT2D eigenvalue weighted by molar-refractivity contribution is 6.05. The van der Waals surface area contributed by atoms with Gasteiger partial charge in [0.1, 0.15) is 23.3 Å². The summed E-state index contributed by atoms with van der Waals surface area (Å²) in [4.78, 5) is 11.6. The summed E-state index contributed by atoms with van der Waals surface area (Å²) in [6.45, 7) is 4.10. The maximum Gasteiger partial charge on any atom is 0.319 e. The summed E-state index contributed by atoms with van der Waals surface area (Å²) in [5, 5.41) is 19.0. The van der Waals surface area contributed by atoms with E-state index in [1.807, 2.05) is 25.1 Å². The second-order valence-corrected chi connectivity index (χ2v) is 13.5. The summed E-state index contributed by atoms with van der Waals surface area (Å²) >= 11 is 0. The summed E-state index contributed by atoms with van der Waals surface area (Å²) in [5.41, 5.74) is 0.718. The average Bonchev–Trinajstić information content (AvgIpc) is 3.44. The molecule has 4 aromatic rings. The highest BCUT2D eigenvalue weighted by Gasteiger charge is 2.43. The maximum atomic E-state index is 17.2. The summed E-state index contributed by atoms with van der Waals surface area (Å²) in [5.74, 6) is -1.56. The molecule has 0 aliphatic carbocycles. The SMILES string of the molecule is CCc1cccc2cc(O)cc(-c3c(F)c4c5c(nc(OCC6CCCNCC(F)C6)nc5c3F)N3CC5CCC(N5)C3CCO4)c12. The van der Waals surface area contributed by atoms with Gasteiger partial charge in [0.25, 0.3) is 0 Å². The molecule has 11 heteroatoms. The van der Waals surface area contributed by atoms with E-state index in [9.17, 15) is 9.50 Å². The van der Waals surface area contributed by atoms with Crippen molar-refractivity contribution in [1.82, 2.24) is 20.6 Å². The van der Waals surface area contributed by atoms with E-state index in [-0.39, 0.29) is 76.8 Å². The molecule has 47 heavy (non-hydrogen) atoms. The van der Waals surface area contributed by atoms with Crippen molar-refractivity contribution in [3.63, 3.8) is 0 Å². The zero-order chi connectivity index (χ0) is 32.2. The van der Waals surface area contributed by atoms with Gasteiger partial charge in [0.15, 0.2) is 17.4 Å². The molecule has 8 nitrogen and oxygen atoms in total. The minimum absolute atomic E-state index is 0.0196. The van der Waals surface area contributed by atoms with Crippen molar-refractivity contribution in [2.45, 2.75) is 76.2 Å². The lowest BCUT2D eigenvalue weighted by molar-refractivity contribution is 0.166. The zero-order valence-electron chi connectivity index (χ0n) is 26.5.